The lowest BCUT2D eigenvalue weighted by atomic mass is 9.84. The minimum atomic E-state index is -0.219. The van der Waals surface area contributed by atoms with Crippen LogP contribution in [-0.2, 0) is 33.3 Å². The number of aromatic nitrogens is 2. The zero-order valence-corrected chi connectivity index (χ0v) is 21.4. The van der Waals surface area contributed by atoms with E-state index < -0.39 is 0 Å². The third-order valence-corrected chi connectivity index (χ3v) is 7.48. The smallest absolute Gasteiger partial charge is 0.229 e. The topological polar surface area (TPSA) is 84.0 Å². The van der Waals surface area contributed by atoms with Crippen LogP contribution >= 0.6 is 0 Å². The molecule has 6 nitrogen and oxygen atoms in total. The van der Waals surface area contributed by atoms with E-state index in [1.165, 1.54) is 11.1 Å². The quantitative estimate of drug-likeness (QED) is 0.678. The first-order valence-electron chi connectivity index (χ1n) is 12.5. The maximum Gasteiger partial charge on any atom is 0.229 e. The summed E-state index contributed by atoms with van der Waals surface area (Å²) in [5.74, 6) is -0.238. The highest BCUT2D eigenvalue weighted by Gasteiger charge is 2.34. The van der Waals surface area contributed by atoms with Gasteiger partial charge in [-0.3, -0.25) is 19.6 Å². The van der Waals surface area contributed by atoms with Crippen molar-refractivity contribution < 1.29 is 9.59 Å². The van der Waals surface area contributed by atoms with Gasteiger partial charge < -0.3 is 10.6 Å². The summed E-state index contributed by atoms with van der Waals surface area (Å²) in [5, 5.41) is 5.93. The van der Waals surface area contributed by atoms with Crippen LogP contribution in [0.15, 0.2) is 24.3 Å². The third kappa shape index (κ3) is 4.73. The molecule has 2 heterocycles. The molecule has 0 radical (unpaired) electrons. The lowest BCUT2D eigenvalue weighted by molar-refractivity contribution is -0.123. The predicted molar refractivity (Wildman–Crippen MR) is 134 cm³/mol. The van der Waals surface area contributed by atoms with Crippen molar-refractivity contribution in [1.82, 2.24) is 20.6 Å². The monoisotopic (exact) mass is 462 g/mol. The Bertz CT molecular complexity index is 1100. The van der Waals surface area contributed by atoms with Gasteiger partial charge in [0.25, 0.3) is 0 Å². The fraction of sp³-hybridized carbons (Fsp3) is 0.571. The number of nitrogens with one attached hydrogen (secondary N) is 2. The molecule has 2 atom stereocenters. The lowest BCUT2D eigenvalue weighted by Crippen LogP contribution is -2.33. The highest BCUT2D eigenvalue weighted by atomic mass is 16.2. The van der Waals surface area contributed by atoms with E-state index in [1.807, 2.05) is 0 Å². The summed E-state index contributed by atoms with van der Waals surface area (Å²) in [5.41, 5.74) is 5.97. The van der Waals surface area contributed by atoms with Gasteiger partial charge in [-0.1, -0.05) is 46.8 Å². The van der Waals surface area contributed by atoms with E-state index in [0.717, 1.165) is 54.9 Å². The molecular weight excluding hydrogens is 424 g/mol. The number of likely N-dealkylation sites (N-methyl/N-ethyl adjacent to an activating group) is 1. The minimum Gasteiger partial charge on any atom is -0.359 e. The molecule has 34 heavy (non-hydrogen) atoms. The predicted octanol–water partition coefficient (Wildman–Crippen LogP) is 4.06. The fourth-order valence-corrected chi connectivity index (χ4v) is 5.14. The van der Waals surface area contributed by atoms with Crippen molar-refractivity contribution in [3.8, 4) is 0 Å². The molecule has 2 aromatic heterocycles. The van der Waals surface area contributed by atoms with E-state index in [2.05, 4.69) is 69.5 Å². The second-order valence-corrected chi connectivity index (χ2v) is 11.5. The summed E-state index contributed by atoms with van der Waals surface area (Å²) in [7, 11) is 1.68. The molecule has 0 aliphatic heterocycles. The molecule has 6 heteroatoms. The number of pyridine rings is 2. The molecule has 0 fully saturated rings. The molecule has 2 N–H and O–H groups in total. The average molecular weight is 463 g/mol. The van der Waals surface area contributed by atoms with Gasteiger partial charge in [0.15, 0.2) is 0 Å². The molecule has 0 saturated heterocycles. The molecule has 0 aromatic carbocycles. The van der Waals surface area contributed by atoms with Crippen molar-refractivity contribution in [2.24, 2.45) is 0 Å². The maximum absolute atomic E-state index is 13.1. The van der Waals surface area contributed by atoms with Crippen LogP contribution in [-0.4, -0.2) is 35.4 Å². The summed E-state index contributed by atoms with van der Waals surface area (Å²) in [6.07, 6.45) is 4.20. The second kappa shape index (κ2) is 9.12. The normalized spacial score (nSPS) is 19.5. The highest BCUT2D eigenvalue weighted by molar-refractivity contribution is 5.84. The first-order chi connectivity index (χ1) is 16.0. The second-order valence-electron chi connectivity index (χ2n) is 11.5. The molecule has 2 aliphatic rings. The summed E-state index contributed by atoms with van der Waals surface area (Å²) >= 11 is 0. The van der Waals surface area contributed by atoms with Crippen LogP contribution in [0.3, 0.4) is 0 Å². The SMILES string of the molecule is CNC(=O)[C@H]1CCc2ccc(C(C)(C)CCNC(=O)[C@@H]3CCc4ccc(C(C)(C)C)nc43)nc21. The number of amides is 2. The fourth-order valence-electron chi connectivity index (χ4n) is 5.14. The van der Waals surface area contributed by atoms with Crippen LogP contribution in [0.4, 0.5) is 0 Å². The molecular formula is C28H38N4O2. The molecule has 2 aromatic rings. The van der Waals surface area contributed by atoms with Crippen molar-refractivity contribution in [3.05, 3.63) is 58.2 Å². The zero-order chi connectivity index (χ0) is 24.7. The van der Waals surface area contributed by atoms with Gasteiger partial charge in [0.05, 0.1) is 23.2 Å². The summed E-state index contributed by atoms with van der Waals surface area (Å²) in [4.78, 5) is 35.2. The van der Waals surface area contributed by atoms with E-state index in [4.69, 9.17) is 9.97 Å². The number of carbonyl (C=O) groups excluding carboxylic acids is 2. The molecule has 0 unspecified atom stereocenters. The maximum atomic E-state index is 13.1. The van der Waals surface area contributed by atoms with Gasteiger partial charge in [0.2, 0.25) is 11.8 Å². The van der Waals surface area contributed by atoms with Crippen LogP contribution in [0, 0.1) is 0 Å². The van der Waals surface area contributed by atoms with Crippen molar-refractivity contribution >= 4 is 11.8 Å². The molecule has 0 saturated carbocycles. The van der Waals surface area contributed by atoms with Crippen LogP contribution in [0.1, 0.15) is 99.6 Å². The highest BCUT2D eigenvalue weighted by Crippen LogP contribution is 2.36. The molecule has 2 amide bonds. The van der Waals surface area contributed by atoms with Gasteiger partial charge in [-0.25, -0.2) is 0 Å². The van der Waals surface area contributed by atoms with E-state index in [-0.39, 0.29) is 34.5 Å². The molecule has 0 spiro atoms. The Morgan fingerprint density at radius 1 is 0.853 bits per heavy atom. The van der Waals surface area contributed by atoms with Crippen molar-refractivity contribution in [2.75, 3.05) is 13.6 Å². The Balaban J connectivity index is 1.41. The Labute approximate surface area is 203 Å². The van der Waals surface area contributed by atoms with E-state index in [9.17, 15) is 9.59 Å². The molecule has 0 bridgehead atoms. The lowest BCUT2D eigenvalue weighted by Gasteiger charge is -2.26. The number of rotatable bonds is 6. The molecule has 182 valence electrons. The molecule has 4 rings (SSSR count). The first kappa shape index (κ1) is 24.4. The van der Waals surface area contributed by atoms with Crippen molar-refractivity contribution in [2.45, 2.75) is 89.4 Å². The van der Waals surface area contributed by atoms with Crippen LogP contribution in [0.5, 0.6) is 0 Å². The van der Waals surface area contributed by atoms with Gasteiger partial charge in [-0.15, -0.1) is 0 Å². The Morgan fingerprint density at radius 2 is 1.38 bits per heavy atom. The van der Waals surface area contributed by atoms with Crippen LogP contribution in [0.25, 0.3) is 0 Å². The zero-order valence-electron chi connectivity index (χ0n) is 21.4. The Morgan fingerprint density at radius 3 is 1.94 bits per heavy atom. The van der Waals surface area contributed by atoms with E-state index in [1.54, 1.807) is 7.05 Å². The number of fused-ring (bicyclic) bond motifs is 2. The number of nitrogens with zero attached hydrogens (tertiary/aromatic N) is 2. The van der Waals surface area contributed by atoms with Crippen molar-refractivity contribution in [1.29, 1.82) is 0 Å². The number of carbonyl (C=O) groups is 2. The summed E-state index contributed by atoms with van der Waals surface area (Å²) < 4.78 is 0. The van der Waals surface area contributed by atoms with Gasteiger partial charge in [-0.2, -0.15) is 0 Å². The molecule has 2 aliphatic carbocycles. The van der Waals surface area contributed by atoms with Gasteiger partial charge >= 0.3 is 0 Å². The number of aryl methyl sites for hydroxylation is 2. The number of hydrogen-bond donors (Lipinski definition) is 2. The third-order valence-electron chi connectivity index (χ3n) is 7.48. The number of hydrogen-bond acceptors (Lipinski definition) is 4. The Hall–Kier alpha value is -2.76. The standard InChI is InChI=1S/C28H38N4O2/c1-27(2,3)21-13-9-17-8-12-20(24(17)31-21)26(34)30-16-15-28(4,5)22-14-10-18-7-11-19(23(18)32-22)25(33)29-6/h9-10,13-14,19-20H,7-8,11-12,15-16H2,1-6H3,(H,29,33)(H,30,34)/t19-,20+/m0/s1. The average Bonchev–Trinajstić information content (AvgIpc) is 3.41. The van der Waals surface area contributed by atoms with Gasteiger partial charge in [0.1, 0.15) is 0 Å². The summed E-state index contributed by atoms with van der Waals surface area (Å²) in [6.45, 7) is 11.3. The first-order valence-corrected chi connectivity index (χ1v) is 12.5. The van der Waals surface area contributed by atoms with Gasteiger partial charge in [0, 0.05) is 35.8 Å². The largest absolute Gasteiger partial charge is 0.359 e. The minimum absolute atomic E-state index is 0.0357. The van der Waals surface area contributed by atoms with Crippen molar-refractivity contribution in [3.63, 3.8) is 0 Å². The van der Waals surface area contributed by atoms with Crippen LogP contribution < -0.4 is 10.6 Å². The Kier molecular flexibility index (Phi) is 6.54. The van der Waals surface area contributed by atoms with Crippen LogP contribution in [0.2, 0.25) is 0 Å². The summed E-state index contributed by atoms with van der Waals surface area (Å²) in [6, 6.07) is 8.44. The van der Waals surface area contributed by atoms with Gasteiger partial charge in [-0.05, 0) is 55.4 Å². The van der Waals surface area contributed by atoms with E-state index >= 15 is 0 Å². The van der Waals surface area contributed by atoms with E-state index in [0.29, 0.717) is 6.54 Å².